The Morgan fingerprint density at radius 3 is 1.19 bits per heavy atom. The number of halogens is 6. The molecular weight excluding hydrogens is 1620 g/mol. The van der Waals surface area contributed by atoms with E-state index in [4.69, 9.17) is 127 Å². The molecule has 0 spiro atoms. The summed E-state index contributed by atoms with van der Waals surface area (Å²) in [6.07, 6.45) is 2.33. The summed E-state index contributed by atoms with van der Waals surface area (Å²) < 4.78 is 95.8. The molecule has 584 valence electrons. The van der Waals surface area contributed by atoms with Crippen LogP contribution in [0.1, 0.15) is 134 Å². The standard InChI is InChI=1S/C27H32Cl2N3O4PS.C23H30Cl2N3O6PS.C22H29Cl2N2O5PS/c1-5-36-37(4,33)19-35-13-7-6-12-34-18-25-31-26(20(2)3)27(32(25)17-21-8-10-30-11-9-21)38-24-15-22(28)14-23(29)16-24;1-5-33-35(30,34-6-2)15-31-10-8-7-9-28-20(14-32-23(26)29)27-21(16(3)4)22(28)36-19-12-17(24)11-18(25)13-19;1-5-30-32(28,31-6-2)15-29-10-8-7-9-26-20(14-27)25-21(16(3)4)22(26)33-19-12-17(23)11-18(24)13-19/h8-11,14-16,20H,5,12-13,17-19H2,1-4H3;11-13,16H,5-6,9-10,14-15H2,1-4H3,(H2,26,29);11-13,16,27H,5-6,9-10,14-15H2,1-4H3. The van der Waals surface area contributed by atoms with E-state index in [9.17, 15) is 23.6 Å². The molecule has 0 aliphatic heterocycles. The molecule has 4 aromatic heterocycles. The van der Waals surface area contributed by atoms with Crippen LogP contribution in [-0.4, -0.2) is 130 Å². The molecule has 0 aliphatic carbocycles. The van der Waals surface area contributed by atoms with Gasteiger partial charge in [-0.2, -0.15) is 0 Å². The van der Waals surface area contributed by atoms with Crippen LogP contribution in [0.3, 0.4) is 0 Å². The van der Waals surface area contributed by atoms with Gasteiger partial charge in [-0.15, -0.1) is 0 Å². The van der Waals surface area contributed by atoms with Gasteiger partial charge in [0, 0.05) is 63.9 Å². The molecule has 23 nitrogen and oxygen atoms in total. The van der Waals surface area contributed by atoms with Crippen molar-refractivity contribution in [1.82, 2.24) is 33.6 Å². The minimum absolute atomic E-state index is 0.0232. The number of aromatic nitrogens is 7. The molecule has 7 rings (SSSR count). The first-order chi connectivity index (χ1) is 51.0. The van der Waals surface area contributed by atoms with Gasteiger partial charge >= 0.3 is 21.3 Å². The van der Waals surface area contributed by atoms with E-state index in [1.54, 1.807) is 95.8 Å². The second-order valence-electron chi connectivity index (χ2n) is 23.4. The maximum Gasteiger partial charge on any atom is 0.404 e. The van der Waals surface area contributed by atoms with E-state index < -0.39 is 28.7 Å². The first-order valence-electron chi connectivity index (χ1n) is 33.8. The highest BCUT2D eigenvalue weighted by molar-refractivity contribution is 7.99. The molecule has 0 fully saturated rings. The van der Waals surface area contributed by atoms with E-state index >= 15 is 0 Å². The zero-order chi connectivity index (χ0) is 78.7. The minimum Gasteiger partial charge on any atom is -0.442 e. The van der Waals surface area contributed by atoms with Gasteiger partial charge < -0.3 is 70.8 Å². The number of carbonyl (C=O) groups excluding carboxylic acids is 1. The van der Waals surface area contributed by atoms with Gasteiger partial charge in [0.25, 0.3) is 0 Å². The van der Waals surface area contributed by atoms with Crippen LogP contribution in [0.15, 0.2) is 109 Å². The van der Waals surface area contributed by atoms with E-state index in [0.717, 1.165) is 58.2 Å². The molecule has 3 N–H and O–H groups in total. The predicted octanol–water partition coefficient (Wildman–Crippen LogP) is 19.9. The third kappa shape index (κ3) is 33.0. The highest BCUT2D eigenvalue weighted by atomic mass is 35.5. The number of amides is 1. The van der Waals surface area contributed by atoms with Crippen LogP contribution in [0.5, 0.6) is 0 Å². The number of pyridine rings is 1. The van der Waals surface area contributed by atoms with E-state index in [2.05, 4.69) is 68.9 Å². The lowest BCUT2D eigenvalue weighted by Gasteiger charge is -2.15. The first-order valence-corrected chi connectivity index (χ1v) is 44.2. The smallest absolute Gasteiger partial charge is 0.404 e. The molecule has 107 heavy (non-hydrogen) atoms. The Morgan fingerprint density at radius 2 is 0.822 bits per heavy atom. The van der Waals surface area contributed by atoms with Crippen LogP contribution in [0.2, 0.25) is 30.1 Å². The van der Waals surface area contributed by atoms with E-state index in [0.29, 0.717) is 61.5 Å². The van der Waals surface area contributed by atoms with Gasteiger partial charge in [-0.3, -0.25) is 18.7 Å². The average Bonchev–Trinajstić information content (AvgIpc) is 1.67. The number of hydrogen-bond acceptors (Lipinski definition) is 22. The number of aliphatic hydroxyl groups is 1. The molecule has 35 heteroatoms. The molecule has 1 atom stereocenters. The molecule has 1 unspecified atom stereocenters. The Labute approximate surface area is 670 Å². The maximum absolute atomic E-state index is 12.5. The van der Waals surface area contributed by atoms with Gasteiger partial charge in [0.05, 0.1) is 69.8 Å². The fraction of sp³-hybridized carbons (Fsp3) is 0.458. The van der Waals surface area contributed by atoms with Crippen LogP contribution in [-0.2, 0) is 99.5 Å². The Hall–Kier alpha value is -4.53. The quantitative estimate of drug-likeness (QED) is 0.0207. The van der Waals surface area contributed by atoms with Gasteiger partial charge in [0.2, 0.25) is 7.37 Å². The highest BCUT2D eigenvalue weighted by Crippen LogP contribution is 2.49. The van der Waals surface area contributed by atoms with Crippen LogP contribution in [0, 0.1) is 35.5 Å². The topological polar surface area (TPSA) is 273 Å². The third-order valence-electron chi connectivity index (χ3n) is 13.8. The van der Waals surface area contributed by atoms with Crippen molar-refractivity contribution in [1.29, 1.82) is 0 Å². The summed E-state index contributed by atoms with van der Waals surface area (Å²) in [6, 6.07) is 20.1. The molecule has 0 saturated heterocycles. The van der Waals surface area contributed by atoms with Gasteiger partial charge in [-0.05, 0) is 125 Å². The Balaban J connectivity index is 0.000000289. The van der Waals surface area contributed by atoms with Crippen molar-refractivity contribution in [2.45, 2.75) is 163 Å². The number of imidazole rings is 3. The van der Waals surface area contributed by atoms with Crippen molar-refractivity contribution in [3.8, 4) is 35.5 Å². The normalized spacial score (nSPS) is 12.0. The van der Waals surface area contributed by atoms with Crippen molar-refractivity contribution in [2.75, 3.05) is 85.2 Å². The molecule has 0 aliphatic rings. The van der Waals surface area contributed by atoms with Crippen LogP contribution in [0.4, 0.5) is 4.79 Å². The average molecular weight is 1710 g/mol. The summed E-state index contributed by atoms with van der Waals surface area (Å²) in [6.45, 7) is 25.6. The Kier molecular flexibility index (Phi) is 42.1. The van der Waals surface area contributed by atoms with E-state index in [-0.39, 0.29) is 116 Å². The lowest BCUT2D eigenvalue weighted by molar-refractivity contribution is 0.143. The fourth-order valence-electron chi connectivity index (χ4n) is 9.36. The number of hydrogen-bond donors (Lipinski definition) is 2. The summed E-state index contributed by atoms with van der Waals surface area (Å²) in [5.41, 5.74) is 8.88. The van der Waals surface area contributed by atoms with Gasteiger partial charge in [-0.1, -0.05) is 182 Å². The zero-order valence-electron chi connectivity index (χ0n) is 61.7. The SMILES string of the molecule is CCOP(=O)(COCC#CCn1c(CO)nc(C(C)C)c1Sc1cc(Cl)cc(Cl)c1)OCC.CCOP(=O)(COCC#CCn1c(COC(N)=O)nc(C(C)C)c1Sc1cc(Cl)cc(Cl)c1)OCC.CCOP(C)(=O)COCC#CCOCc1nc(C(C)C)c(Sc2cc(Cl)cc(Cl)c2)n1Cc1ccncc1. The minimum atomic E-state index is -3.31. The van der Waals surface area contributed by atoms with Crippen molar-refractivity contribution in [3.05, 3.63) is 149 Å². The molecular formula is C72H91Cl6N8O15P3S3. The second-order valence-corrected chi connectivity index (χ2v) is 35.8. The summed E-state index contributed by atoms with van der Waals surface area (Å²) >= 11 is 41.7. The third-order valence-corrected chi connectivity index (χ3v) is 23.4. The summed E-state index contributed by atoms with van der Waals surface area (Å²) in [5.74, 6) is 19.8. The van der Waals surface area contributed by atoms with Gasteiger partial charge in [0.15, 0.2) is 6.61 Å². The molecule has 7 aromatic rings. The lowest BCUT2D eigenvalue weighted by Crippen LogP contribution is -2.15. The van der Waals surface area contributed by atoms with E-state index in [1.807, 2.05) is 73.2 Å². The number of nitrogens with zero attached hydrogens (tertiary/aromatic N) is 7. The number of carbonyl (C=O) groups is 1. The van der Waals surface area contributed by atoms with Crippen LogP contribution >= 0.6 is 127 Å². The Morgan fingerprint density at radius 1 is 0.486 bits per heavy atom. The Bertz CT molecular complexity index is 4270. The molecule has 0 bridgehead atoms. The van der Waals surface area contributed by atoms with E-state index in [1.165, 1.54) is 23.5 Å². The predicted molar refractivity (Wildman–Crippen MR) is 427 cm³/mol. The zero-order valence-corrected chi connectivity index (χ0v) is 71.3. The van der Waals surface area contributed by atoms with Crippen LogP contribution < -0.4 is 5.73 Å². The highest BCUT2D eigenvalue weighted by Gasteiger charge is 2.27. The number of benzene rings is 3. The fourth-order valence-corrected chi connectivity index (χ4v) is 18.8. The first kappa shape index (κ1) is 93.1. The largest absolute Gasteiger partial charge is 0.442 e. The summed E-state index contributed by atoms with van der Waals surface area (Å²) in [5, 5.41) is 15.8. The second kappa shape index (κ2) is 48.4. The lowest BCUT2D eigenvalue weighted by atomic mass is 10.1. The molecule has 4 heterocycles. The summed E-state index contributed by atoms with van der Waals surface area (Å²) in [7, 11) is -9.29. The molecule has 0 radical (unpaired) electrons. The van der Waals surface area contributed by atoms with Crippen molar-refractivity contribution < 1.29 is 69.9 Å². The number of nitrogens with two attached hydrogens (primary N) is 1. The van der Waals surface area contributed by atoms with Crippen molar-refractivity contribution in [2.24, 2.45) is 5.73 Å². The number of primary amides is 1. The van der Waals surface area contributed by atoms with Crippen molar-refractivity contribution >= 4 is 134 Å². The molecule has 0 saturated carbocycles. The number of aliphatic hydroxyl groups excluding tert-OH is 1. The molecule has 3 aromatic carbocycles. The maximum atomic E-state index is 12.5. The van der Waals surface area contributed by atoms with Crippen LogP contribution in [0.25, 0.3) is 0 Å². The van der Waals surface area contributed by atoms with Gasteiger partial charge in [-0.25, -0.2) is 19.7 Å². The number of rotatable bonds is 38. The number of ether oxygens (including phenoxy) is 5. The van der Waals surface area contributed by atoms with Crippen molar-refractivity contribution in [3.63, 3.8) is 0 Å². The summed E-state index contributed by atoms with van der Waals surface area (Å²) in [4.78, 5) is 32.2. The molecule has 1 amide bonds. The monoisotopic (exact) mass is 1710 g/mol. The van der Waals surface area contributed by atoms with Gasteiger partial charge in [0.1, 0.15) is 91.2 Å².